The van der Waals surface area contributed by atoms with E-state index in [0.29, 0.717) is 22.8 Å². The molecule has 0 fully saturated rings. The van der Waals surface area contributed by atoms with Crippen molar-refractivity contribution in [3.8, 4) is 23.3 Å². The van der Waals surface area contributed by atoms with Gasteiger partial charge < -0.3 is 14.2 Å². The first-order valence-electron chi connectivity index (χ1n) is 6.51. The number of rotatable bonds is 3. The van der Waals surface area contributed by atoms with Crippen molar-refractivity contribution in [2.45, 2.75) is 20.8 Å². The predicted molar refractivity (Wildman–Crippen MR) is 77.2 cm³/mol. The van der Waals surface area contributed by atoms with Gasteiger partial charge in [0, 0.05) is 5.41 Å². The van der Waals surface area contributed by atoms with Gasteiger partial charge in [0.05, 0.1) is 12.7 Å². The summed E-state index contributed by atoms with van der Waals surface area (Å²) in [5.74, 6) is 1.38. The average Bonchev–Trinajstić information content (AvgIpc) is 2.90. The molecular formula is C16H17NO4. The van der Waals surface area contributed by atoms with Gasteiger partial charge in [0.25, 0.3) is 0 Å². The molecule has 1 heterocycles. The number of methoxy groups -OCH3 is 1. The third kappa shape index (κ3) is 3.00. The van der Waals surface area contributed by atoms with Gasteiger partial charge in [0.2, 0.25) is 12.5 Å². The first-order valence-corrected chi connectivity index (χ1v) is 6.51. The van der Waals surface area contributed by atoms with Crippen molar-refractivity contribution in [2.24, 2.45) is 5.41 Å². The van der Waals surface area contributed by atoms with Crippen LogP contribution in [0.2, 0.25) is 0 Å². The molecular weight excluding hydrogens is 270 g/mol. The van der Waals surface area contributed by atoms with Gasteiger partial charge >= 0.3 is 0 Å². The van der Waals surface area contributed by atoms with Gasteiger partial charge in [-0.3, -0.25) is 4.79 Å². The normalized spacial score (nSPS) is 13.8. The fourth-order valence-electron chi connectivity index (χ4n) is 1.95. The molecule has 1 aromatic carbocycles. The molecule has 1 aromatic rings. The number of carbonyl (C=O) groups excluding carboxylic acids is 1. The van der Waals surface area contributed by atoms with Crippen LogP contribution in [0.3, 0.4) is 0 Å². The minimum absolute atomic E-state index is 0.100. The Balaban J connectivity index is 2.45. The zero-order valence-corrected chi connectivity index (χ0v) is 12.5. The number of fused-ring (bicyclic) bond motifs is 1. The van der Waals surface area contributed by atoms with E-state index in [4.69, 9.17) is 14.2 Å². The van der Waals surface area contributed by atoms with E-state index in [1.165, 1.54) is 13.2 Å². The summed E-state index contributed by atoms with van der Waals surface area (Å²) in [5, 5.41) is 9.21. The highest BCUT2D eigenvalue weighted by molar-refractivity contribution is 6.06. The van der Waals surface area contributed by atoms with E-state index in [1.807, 2.05) is 6.07 Å². The predicted octanol–water partition coefficient (Wildman–Crippen LogP) is 2.95. The summed E-state index contributed by atoms with van der Waals surface area (Å²) in [6, 6.07) is 5.39. The summed E-state index contributed by atoms with van der Waals surface area (Å²) in [6.07, 6.45) is 1.54. The van der Waals surface area contributed by atoms with Crippen molar-refractivity contribution in [1.82, 2.24) is 0 Å². The van der Waals surface area contributed by atoms with Crippen LogP contribution in [-0.4, -0.2) is 19.7 Å². The van der Waals surface area contributed by atoms with Crippen molar-refractivity contribution >= 4 is 11.9 Å². The molecule has 2 rings (SSSR count). The zero-order valence-electron chi connectivity index (χ0n) is 12.5. The SMILES string of the molecule is COc1cc(/C=C(\C#N)C(=O)C(C)(C)C)cc2c1OCO2. The molecule has 0 atom stereocenters. The van der Waals surface area contributed by atoms with Crippen molar-refractivity contribution in [3.05, 3.63) is 23.3 Å². The van der Waals surface area contributed by atoms with Gasteiger partial charge in [-0.05, 0) is 23.8 Å². The fraction of sp³-hybridized carbons (Fsp3) is 0.375. The van der Waals surface area contributed by atoms with Crippen molar-refractivity contribution < 1.29 is 19.0 Å². The lowest BCUT2D eigenvalue weighted by molar-refractivity contribution is -0.121. The number of nitrogens with zero attached hydrogens (tertiary/aromatic N) is 1. The Kier molecular flexibility index (Phi) is 3.90. The maximum Gasteiger partial charge on any atom is 0.231 e. The highest BCUT2D eigenvalue weighted by atomic mass is 16.7. The van der Waals surface area contributed by atoms with Crippen molar-refractivity contribution in [3.63, 3.8) is 0 Å². The topological polar surface area (TPSA) is 68.5 Å². The Hall–Kier alpha value is -2.48. The third-order valence-corrected chi connectivity index (χ3v) is 3.04. The first-order chi connectivity index (χ1) is 9.86. The molecule has 110 valence electrons. The number of carbonyl (C=O) groups is 1. The summed E-state index contributed by atoms with van der Waals surface area (Å²) in [6.45, 7) is 5.47. The Morgan fingerprint density at radius 1 is 1.38 bits per heavy atom. The lowest BCUT2D eigenvalue weighted by atomic mass is 9.86. The van der Waals surface area contributed by atoms with Crippen LogP contribution in [0.5, 0.6) is 17.2 Å². The van der Waals surface area contributed by atoms with E-state index in [0.717, 1.165) is 0 Å². The molecule has 0 saturated carbocycles. The Morgan fingerprint density at radius 3 is 2.67 bits per heavy atom. The van der Waals surface area contributed by atoms with E-state index >= 15 is 0 Å². The van der Waals surface area contributed by atoms with Gasteiger partial charge in [-0.25, -0.2) is 0 Å². The number of benzene rings is 1. The maximum absolute atomic E-state index is 12.2. The monoisotopic (exact) mass is 287 g/mol. The van der Waals surface area contributed by atoms with Crippen LogP contribution in [0.1, 0.15) is 26.3 Å². The highest BCUT2D eigenvalue weighted by Crippen LogP contribution is 2.42. The maximum atomic E-state index is 12.2. The van der Waals surface area contributed by atoms with E-state index in [1.54, 1.807) is 32.9 Å². The number of hydrogen-bond acceptors (Lipinski definition) is 5. The standard InChI is InChI=1S/C16H17NO4/c1-16(2,3)15(18)11(8-17)5-10-6-12(19-4)14-13(7-10)20-9-21-14/h5-7H,9H2,1-4H3/b11-5+. The summed E-state index contributed by atoms with van der Waals surface area (Å²) >= 11 is 0. The summed E-state index contributed by atoms with van der Waals surface area (Å²) in [5.41, 5.74) is 0.149. The van der Waals surface area contributed by atoms with Crippen LogP contribution in [0, 0.1) is 16.7 Å². The van der Waals surface area contributed by atoms with Crippen molar-refractivity contribution in [2.75, 3.05) is 13.9 Å². The van der Waals surface area contributed by atoms with E-state index < -0.39 is 5.41 Å². The van der Waals surface area contributed by atoms with E-state index in [2.05, 4.69) is 0 Å². The second kappa shape index (κ2) is 5.49. The lowest BCUT2D eigenvalue weighted by Gasteiger charge is -2.15. The molecule has 5 nitrogen and oxygen atoms in total. The highest BCUT2D eigenvalue weighted by Gasteiger charge is 2.26. The van der Waals surface area contributed by atoms with Crippen LogP contribution in [0.4, 0.5) is 0 Å². The largest absolute Gasteiger partial charge is 0.493 e. The number of ketones is 1. The summed E-state index contributed by atoms with van der Waals surface area (Å²) in [7, 11) is 1.52. The van der Waals surface area contributed by atoms with Crippen molar-refractivity contribution in [1.29, 1.82) is 5.26 Å². The smallest absolute Gasteiger partial charge is 0.231 e. The van der Waals surface area contributed by atoms with Gasteiger partial charge in [-0.2, -0.15) is 5.26 Å². The molecule has 0 saturated heterocycles. The molecule has 0 bridgehead atoms. The number of ether oxygens (including phenoxy) is 3. The molecule has 1 aliphatic heterocycles. The van der Waals surface area contributed by atoms with Crippen LogP contribution >= 0.6 is 0 Å². The average molecular weight is 287 g/mol. The van der Waals surface area contributed by atoms with Crippen LogP contribution in [0.15, 0.2) is 17.7 Å². The van der Waals surface area contributed by atoms with Gasteiger partial charge in [-0.1, -0.05) is 20.8 Å². The molecule has 0 unspecified atom stereocenters. The third-order valence-electron chi connectivity index (χ3n) is 3.04. The molecule has 0 aromatic heterocycles. The van der Waals surface area contributed by atoms with Crippen LogP contribution in [-0.2, 0) is 4.79 Å². The number of Topliss-reactive ketones (excluding diaryl/α,β-unsaturated/α-hetero) is 1. The Morgan fingerprint density at radius 2 is 2.10 bits per heavy atom. The van der Waals surface area contributed by atoms with Crippen LogP contribution < -0.4 is 14.2 Å². The quantitative estimate of drug-likeness (QED) is 0.631. The fourth-order valence-corrected chi connectivity index (χ4v) is 1.95. The Labute approximate surface area is 123 Å². The summed E-state index contributed by atoms with van der Waals surface area (Å²) in [4.78, 5) is 12.2. The molecule has 0 N–H and O–H groups in total. The number of nitriles is 1. The summed E-state index contributed by atoms with van der Waals surface area (Å²) < 4.78 is 15.9. The van der Waals surface area contributed by atoms with E-state index in [9.17, 15) is 10.1 Å². The molecule has 0 radical (unpaired) electrons. The zero-order chi connectivity index (χ0) is 15.6. The molecule has 1 aliphatic rings. The van der Waals surface area contributed by atoms with Gasteiger partial charge in [0.1, 0.15) is 6.07 Å². The first kappa shape index (κ1) is 14.9. The minimum Gasteiger partial charge on any atom is -0.493 e. The molecule has 0 aliphatic carbocycles. The second-order valence-corrected chi connectivity index (χ2v) is 5.71. The van der Waals surface area contributed by atoms with Gasteiger partial charge in [0.15, 0.2) is 17.3 Å². The lowest BCUT2D eigenvalue weighted by Crippen LogP contribution is -2.21. The minimum atomic E-state index is -0.609. The number of allylic oxidation sites excluding steroid dienone is 1. The van der Waals surface area contributed by atoms with Crippen LogP contribution in [0.25, 0.3) is 6.08 Å². The Bertz CT molecular complexity index is 647. The van der Waals surface area contributed by atoms with E-state index in [-0.39, 0.29) is 18.1 Å². The molecule has 5 heteroatoms. The molecule has 21 heavy (non-hydrogen) atoms. The van der Waals surface area contributed by atoms with Gasteiger partial charge in [-0.15, -0.1) is 0 Å². The molecule has 0 amide bonds. The number of hydrogen-bond donors (Lipinski definition) is 0. The molecule has 0 spiro atoms. The second-order valence-electron chi connectivity index (χ2n) is 5.71.